The first kappa shape index (κ1) is 21.7. The Hall–Kier alpha value is -1.32. The van der Waals surface area contributed by atoms with Crippen molar-refractivity contribution in [2.75, 3.05) is 12.5 Å². The van der Waals surface area contributed by atoms with E-state index in [0.29, 0.717) is 11.7 Å². The Morgan fingerprint density at radius 3 is 2.16 bits per heavy atom. The number of carbonyl (C=O) groups excluding carboxylic acids is 1. The number of benzene rings is 1. The van der Waals surface area contributed by atoms with E-state index < -0.39 is 13.3 Å². The molecule has 0 N–H and O–H groups in total. The molecule has 0 radical (unpaired) electrons. The van der Waals surface area contributed by atoms with Gasteiger partial charge >= 0.3 is 5.97 Å². The molecule has 1 aromatic carbocycles. The van der Waals surface area contributed by atoms with Gasteiger partial charge in [-0.15, -0.1) is 0 Å². The number of rotatable bonds is 10. The maximum absolute atomic E-state index is 13.4. The van der Waals surface area contributed by atoms with Crippen LogP contribution in [0.3, 0.4) is 0 Å². The van der Waals surface area contributed by atoms with E-state index in [0.717, 1.165) is 0 Å². The molecule has 0 amide bonds. The molecule has 0 saturated heterocycles. The lowest BCUT2D eigenvalue weighted by atomic mass is 10.1. The molecule has 142 valence electrons. The molecule has 25 heavy (non-hydrogen) atoms. The fraction of sp³-hybridized carbons (Fsp3) is 0.632. The Labute approximate surface area is 151 Å². The second-order valence-corrected chi connectivity index (χ2v) is 9.47. The maximum Gasteiger partial charge on any atom is 0.309 e. The van der Waals surface area contributed by atoms with Gasteiger partial charge < -0.3 is 14.0 Å². The van der Waals surface area contributed by atoms with Crippen molar-refractivity contribution in [1.29, 1.82) is 0 Å². The third-order valence-electron chi connectivity index (χ3n) is 3.79. The van der Waals surface area contributed by atoms with Gasteiger partial charge in [-0.1, -0.05) is 39.0 Å². The largest absolute Gasteiger partial charge is 0.463 e. The van der Waals surface area contributed by atoms with E-state index in [1.807, 2.05) is 39.0 Å². The SMILES string of the molecule is CC(C)OC(=O)C(C)CP(=O)(COC(C)C(C)C)Oc1ccccc1. The third-order valence-corrected chi connectivity index (χ3v) is 5.98. The van der Waals surface area contributed by atoms with Gasteiger partial charge in [-0.2, -0.15) is 0 Å². The van der Waals surface area contributed by atoms with Crippen LogP contribution in [0.1, 0.15) is 41.5 Å². The van der Waals surface area contributed by atoms with Crippen LogP contribution in [-0.4, -0.2) is 30.7 Å². The van der Waals surface area contributed by atoms with Crippen molar-refractivity contribution in [2.45, 2.75) is 53.8 Å². The second kappa shape index (κ2) is 9.98. The summed E-state index contributed by atoms with van der Waals surface area (Å²) >= 11 is 0. The van der Waals surface area contributed by atoms with Gasteiger partial charge in [0.15, 0.2) is 0 Å². The smallest absolute Gasteiger partial charge is 0.309 e. The lowest BCUT2D eigenvalue weighted by Gasteiger charge is -2.25. The standard InChI is InChI=1S/C19H31O5P/c1-14(2)17(6)22-13-25(21,24-18-10-8-7-9-11-18)12-16(5)19(20)23-15(3)4/h7-11,14-17H,12-13H2,1-6H3. The van der Waals surface area contributed by atoms with Crippen LogP contribution in [0, 0.1) is 11.8 Å². The molecule has 0 bridgehead atoms. The summed E-state index contributed by atoms with van der Waals surface area (Å²) in [5.41, 5.74) is 0. The summed E-state index contributed by atoms with van der Waals surface area (Å²) in [6, 6.07) is 8.98. The molecule has 3 atom stereocenters. The quantitative estimate of drug-likeness (QED) is 0.431. The molecule has 0 aromatic heterocycles. The summed E-state index contributed by atoms with van der Waals surface area (Å²) in [5, 5.41) is 0. The van der Waals surface area contributed by atoms with Crippen LogP contribution in [0.5, 0.6) is 5.75 Å². The van der Waals surface area contributed by atoms with Crippen LogP contribution in [0.2, 0.25) is 0 Å². The summed E-state index contributed by atoms with van der Waals surface area (Å²) in [4.78, 5) is 12.1. The monoisotopic (exact) mass is 370 g/mol. The first-order chi connectivity index (χ1) is 11.6. The van der Waals surface area contributed by atoms with Crippen molar-refractivity contribution < 1.29 is 23.4 Å². The van der Waals surface area contributed by atoms with Crippen LogP contribution in [-0.2, 0) is 18.8 Å². The highest BCUT2D eigenvalue weighted by Crippen LogP contribution is 2.49. The normalized spacial score (nSPS) is 16.3. The minimum Gasteiger partial charge on any atom is -0.463 e. The van der Waals surface area contributed by atoms with Gasteiger partial charge in [0, 0.05) is 0 Å². The maximum atomic E-state index is 13.4. The van der Waals surface area contributed by atoms with Crippen molar-refractivity contribution in [1.82, 2.24) is 0 Å². The molecule has 0 heterocycles. The number of para-hydroxylation sites is 1. The lowest BCUT2D eigenvalue weighted by molar-refractivity contribution is -0.151. The number of carbonyl (C=O) groups is 1. The van der Waals surface area contributed by atoms with Gasteiger partial charge in [-0.3, -0.25) is 9.36 Å². The zero-order valence-electron chi connectivity index (χ0n) is 16.1. The minimum absolute atomic E-state index is 0.0272. The first-order valence-corrected chi connectivity index (χ1v) is 10.8. The van der Waals surface area contributed by atoms with E-state index in [-0.39, 0.29) is 30.7 Å². The van der Waals surface area contributed by atoms with Gasteiger partial charge in [-0.25, -0.2) is 0 Å². The Kier molecular flexibility index (Phi) is 8.67. The molecule has 1 aromatic rings. The molecular formula is C19H31O5P. The highest BCUT2D eigenvalue weighted by atomic mass is 31.2. The minimum atomic E-state index is -3.21. The average molecular weight is 370 g/mol. The van der Waals surface area contributed by atoms with E-state index in [1.165, 1.54) is 0 Å². The van der Waals surface area contributed by atoms with E-state index in [4.69, 9.17) is 14.0 Å². The Morgan fingerprint density at radius 2 is 1.64 bits per heavy atom. The number of ether oxygens (including phenoxy) is 2. The number of hydrogen-bond donors (Lipinski definition) is 0. The third kappa shape index (κ3) is 8.06. The van der Waals surface area contributed by atoms with Crippen LogP contribution < -0.4 is 4.52 Å². The summed E-state index contributed by atoms with van der Waals surface area (Å²) in [6.45, 7) is 11.3. The zero-order valence-corrected chi connectivity index (χ0v) is 17.0. The van der Waals surface area contributed by atoms with E-state index in [9.17, 15) is 9.36 Å². The lowest BCUT2D eigenvalue weighted by Crippen LogP contribution is -2.24. The van der Waals surface area contributed by atoms with Crippen LogP contribution >= 0.6 is 7.37 Å². The highest BCUT2D eigenvalue weighted by molar-refractivity contribution is 7.59. The summed E-state index contributed by atoms with van der Waals surface area (Å²) in [5.74, 6) is -0.0942. The Bertz CT molecular complexity index is 570. The van der Waals surface area contributed by atoms with Gasteiger partial charge in [0.05, 0.1) is 24.3 Å². The molecule has 3 unspecified atom stereocenters. The number of hydrogen-bond acceptors (Lipinski definition) is 5. The van der Waals surface area contributed by atoms with Gasteiger partial charge in [-0.05, 0) is 38.8 Å². The van der Waals surface area contributed by atoms with E-state index in [2.05, 4.69) is 0 Å². The molecule has 0 spiro atoms. The molecule has 0 saturated carbocycles. The van der Waals surface area contributed by atoms with Crippen LogP contribution in [0.15, 0.2) is 30.3 Å². The average Bonchev–Trinajstić information content (AvgIpc) is 2.52. The predicted molar refractivity (Wildman–Crippen MR) is 100 cm³/mol. The topological polar surface area (TPSA) is 61.8 Å². The summed E-state index contributed by atoms with van der Waals surface area (Å²) in [6.07, 6.45) is -0.203. The molecule has 6 heteroatoms. The predicted octanol–water partition coefficient (Wildman–Crippen LogP) is 4.95. The molecule has 0 fully saturated rings. The van der Waals surface area contributed by atoms with Crippen molar-refractivity contribution >= 4 is 13.3 Å². The van der Waals surface area contributed by atoms with Crippen molar-refractivity contribution in [3.63, 3.8) is 0 Å². The molecule has 0 aliphatic rings. The highest BCUT2D eigenvalue weighted by Gasteiger charge is 2.32. The summed E-state index contributed by atoms with van der Waals surface area (Å²) < 4.78 is 30.1. The van der Waals surface area contributed by atoms with Gasteiger partial charge in [0.25, 0.3) is 7.37 Å². The molecular weight excluding hydrogens is 339 g/mol. The van der Waals surface area contributed by atoms with Crippen LogP contribution in [0.4, 0.5) is 0 Å². The Balaban J connectivity index is 2.86. The van der Waals surface area contributed by atoms with Crippen molar-refractivity contribution in [3.8, 4) is 5.75 Å². The van der Waals surface area contributed by atoms with Gasteiger partial charge in [0.2, 0.25) is 0 Å². The Morgan fingerprint density at radius 1 is 1.04 bits per heavy atom. The van der Waals surface area contributed by atoms with Crippen LogP contribution in [0.25, 0.3) is 0 Å². The van der Waals surface area contributed by atoms with E-state index >= 15 is 0 Å². The summed E-state index contributed by atoms with van der Waals surface area (Å²) in [7, 11) is -3.21. The molecule has 0 aliphatic carbocycles. The van der Waals surface area contributed by atoms with Crippen molar-refractivity contribution in [2.24, 2.45) is 11.8 Å². The molecule has 0 aliphatic heterocycles. The fourth-order valence-electron chi connectivity index (χ4n) is 2.05. The molecule has 5 nitrogen and oxygen atoms in total. The first-order valence-electron chi connectivity index (χ1n) is 8.78. The fourth-order valence-corrected chi connectivity index (χ4v) is 4.24. The second-order valence-electron chi connectivity index (χ2n) is 7.03. The van der Waals surface area contributed by atoms with Crippen molar-refractivity contribution in [3.05, 3.63) is 30.3 Å². The zero-order chi connectivity index (χ0) is 19.0. The van der Waals surface area contributed by atoms with Gasteiger partial charge in [0.1, 0.15) is 12.1 Å². The number of esters is 1. The van der Waals surface area contributed by atoms with E-state index in [1.54, 1.807) is 32.9 Å². The molecule has 1 rings (SSSR count).